The minimum atomic E-state index is -0.599. The monoisotopic (exact) mass is 389 g/mol. The van der Waals surface area contributed by atoms with Gasteiger partial charge in [-0.25, -0.2) is 9.59 Å². The van der Waals surface area contributed by atoms with Crippen molar-refractivity contribution in [1.29, 1.82) is 0 Å². The molecule has 3 amide bonds. The van der Waals surface area contributed by atoms with Gasteiger partial charge in [-0.2, -0.15) is 0 Å². The number of anilines is 2. The third-order valence-corrected chi connectivity index (χ3v) is 3.76. The van der Waals surface area contributed by atoms with Gasteiger partial charge >= 0.3 is 12.0 Å². The van der Waals surface area contributed by atoms with E-state index in [0.29, 0.717) is 16.9 Å². The van der Waals surface area contributed by atoms with Crippen molar-refractivity contribution in [1.82, 2.24) is 5.32 Å². The van der Waals surface area contributed by atoms with Gasteiger partial charge in [0, 0.05) is 23.0 Å². The minimum Gasteiger partial charge on any atom is -0.465 e. The van der Waals surface area contributed by atoms with E-state index in [2.05, 4.69) is 20.7 Å². The highest BCUT2D eigenvalue weighted by Gasteiger charge is 2.14. The number of benzene rings is 2. The quantitative estimate of drug-likeness (QED) is 0.675. The van der Waals surface area contributed by atoms with Crippen molar-refractivity contribution in [2.75, 3.05) is 17.7 Å². The first-order valence-electron chi connectivity index (χ1n) is 8.17. The minimum absolute atomic E-state index is 0.00890. The summed E-state index contributed by atoms with van der Waals surface area (Å²) in [5.41, 5.74) is 1.36. The van der Waals surface area contributed by atoms with E-state index in [-0.39, 0.29) is 22.7 Å². The van der Waals surface area contributed by atoms with Gasteiger partial charge in [-0.3, -0.25) is 4.79 Å². The van der Waals surface area contributed by atoms with Crippen LogP contribution in [0.1, 0.15) is 34.6 Å². The third-order valence-electron chi connectivity index (χ3n) is 3.43. The van der Waals surface area contributed by atoms with Crippen LogP contribution in [0.4, 0.5) is 16.2 Å². The molecule has 0 saturated carbocycles. The standard InChI is InChI=1S/C19H20ClN3O4/c1-11(2)21-19(26)23-13-6-4-5-12(9-13)17(24)22-14-7-8-16(20)15(10-14)18(25)27-3/h4-11H,1-3H3,(H,22,24)(H2,21,23,26). The first-order chi connectivity index (χ1) is 12.8. The molecular formula is C19H20ClN3O4. The van der Waals surface area contributed by atoms with Crippen molar-refractivity contribution in [3.05, 3.63) is 58.6 Å². The number of rotatable bonds is 5. The highest BCUT2D eigenvalue weighted by Crippen LogP contribution is 2.22. The molecule has 0 bridgehead atoms. The molecule has 0 aliphatic carbocycles. The van der Waals surface area contributed by atoms with Crippen molar-refractivity contribution in [2.24, 2.45) is 0 Å². The lowest BCUT2D eigenvalue weighted by atomic mass is 10.1. The number of nitrogens with one attached hydrogen (secondary N) is 3. The molecule has 0 spiro atoms. The maximum absolute atomic E-state index is 12.5. The number of methoxy groups -OCH3 is 1. The number of esters is 1. The molecule has 0 aliphatic heterocycles. The molecule has 142 valence electrons. The van der Waals surface area contributed by atoms with Gasteiger partial charge in [0.1, 0.15) is 0 Å². The number of hydrogen-bond acceptors (Lipinski definition) is 4. The molecule has 3 N–H and O–H groups in total. The van der Waals surface area contributed by atoms with Crippen LogP contribution in [0.25, 0.3) is 0 Å². The van der Waals surface area contributed by atoms with Crippen molar-refractivity contribution in [3.8, 4) is 0 Å². The van der Waals surface area contributed by atoms with Gasteiger partial charge in [0.2, 0.25) is 0 Å². The van der Waals surface area contributed by atoms with Crippen LogP contribution in [-0.2, 0) is 4.74 Å². The molecule has 8 heteroatoms. The summed E-state index contributed by atoms with van der Waals surface area (Å²) >= 11 is 5.97. The maximum atomic E-state index is 12.5. The average Bonchev–Trinajstić information content (AvgIpc) is 2.62. The lowest BCUT2D eigenvalue weighted by Crippen LogP contribution is -2.34. The average molecular weight is 390 g/mol. The third kappa shape index (κ3) is 5.72. The van der Waals surface area contributed by atoms with E-state index in [1.165, 1.54) is 19.2 Å². The maximum Gasteiger partial charge on any atom is 0.339 e. The summed E-state index contributed by atoms with van der Waals surface area (Å²) in [7, 11) is 1.25. The Morgan fingerprint density at radius 2 is 1.70 bits per heavy atom. The van der Waals surface area contributed by atoms with Crippen LogP contribution in [0.15, 0.2) is 42.5 Å². The number of ether oxygens (including phenoxy) is 1. The van der Waals surface area contributed by atoms with Crippen LogP contribution in [-0.4, -0.2) is 31.1 Å². The van der Waals surface area contributed by atoms with Gasteiger partial charge in [0.15, 0.2) is 0 Å². The Bertz CT molecular complexity index is 868. The molecule has 0 fully saturated rings. The van der Waals surface area contributed by atoms with Gasteiger partial charge in [0.05, 0.1) is 17.7 Å². The summed E-state index contributed by atoms with van der Waals surface area (Å²) in [6.45, 7) is 3.69. The highest BCUT2D eigenvalue weighted by molar-refractivity contribution is 6.33. The van der Waals surface area contributed by atoms with E-state index in [1.807, 2.05) is 13.8 Å². The van der Waals surface area contributed by atoms with E-state index in [4.69, 9.17) is 11.6 Å². The summed E-state index contributed by atoms with van der Waals surface area (Å²) in [5, 5.41) is 8.27. The fourth-order valence-electron chi connectivity index (χ4n) is 2.24. The van der Waals surface area contributed by atoms with E-state index < -0.39 is 11.9 Å². The summed E-state index contributed by atoms with van der Waals surface area (Å²) in [6.07, 6.45) is 0. The van der Waals surface area contributed by atoms with Gasteiger partial charge in [-0.05, 0) is 50.2 Å². The smallest absolute Gasteiger partial charge is 0.339 e. The molecule has 0 atom stereocenters. The predicted molar refractivity (Wildman–Crippen MR) is 104 cm³/mol. The molecule has 2 rings (SSSR count). The van der Waals surface area contributed by atoms with Crippen molar-refractivity contribution >= 4 is 40.9 Å². The van der Waals surface area contributed by atoms with Crippen LogP contribution < -0.4 is 16.0 Å². The zero-order valence-corrected chi connectivity index (χ0v) is 15.9. The van der Waals surface area contributed by atoms with Crippen LogP contribution in [0.2, 0.25) is 5.02 Å². The lowest BCUT2D eigenvalue weighted by molar-refractivity contribution is 0.0600. The van der Waals surface area contributed by atoms with E-state index in [9.17, 15) is 14.4 Å². The number of carbonyl (C=O) groups is 3. The predicted octanol–water partition coefficient (Wildman–Crippen LogP) is 3.91. The molecule has 0 radical (unpaired) electrons. The second-order valence-corrected chi connectivity index (χ2v) is 6.38. The molecule has 27 heavy (non-hydrogen) atoms. The van der Waals surface area contributed by atoms with Gasteiger partial charge in [-0.1, -0.05) is 17.7 Å². The normalized spacial score (nSPS) is 10.3. The summed E-state index contributed by atoms with van der Waals surface area (Å²) in [4.78, 5) is 36.0. The molecule has 2 aromatic carbocycles. The Balaban J connectivity index is 2.13. The first-order valence-corrected chi connectivity index (χ1v) is 8.54. The SMILES string of the molecule is COC(=O)c1cc(NC(=O)c2cccc(NC(=O)NC(C)C)c2)ccc1Cl. The Kier molecular flexibility index (Phi) is 6.79. The number of halogens is 1. The van der Waals surface area contributed by atoms with E-state index in [0.717, 1.165) is 0 Å². The molecule has 0 heterocycles. The number of amides is 3. The van der Waals surface area contributed by atoms with Gasteiger partial charge in [-0.15, -0.1) is 0 Å². The van der Waals surface area contributed by atoms with Crippen LogP contribution in [0.3, 0.4) is 0 Å². The second kappa shape index (κ2) is 9.05. The lowest BCUT2D eigenvalue weighted by Gasteiger charge is -2.11. The molecule has 2 aromatic rings. The molecule has 0 aromatic heterocycles. The molecule has 0 unspecified atom stereocenters. The largest absolute Gasteiger partial charge is 0.465 e. The van der Waals surface area contributed by atoms with Crippen LogP contribution in [0.5, 0.6) is 0 Å². The fourth-order valence-corrected chi connectivity index (χ4v) is 2.43. The van der Waals surface area contributed by atoms with Gasteiger partial charge in [0.25, 0.3) is 5.91 Å². The van der Waals surface area contributed by atoms with Crippen LogP contribution >= 0.6 is 11.6 Å². The van der Waals surface area contributed by atoms with Crippen molar-refractivity contribution in [3.63, 3.8) is 0 Å². The molecule has 0 aliphatic rings. The zero-order chi connectivity index (χ0) is 20.0. The van der Waals surface area contributed by atoms with Crippen molar-refractivity contribution < 1.29 is 19.1 Å². The Labute approximate surface area is 162 Å². The van der Waals surface area contributed by atoms with Crippen LogP contribution in [0, 0.1) is 0 Å². The topological polar surface area (TPSA) is 96.5 Å². The summed E-state index contributed by atoms with van der Waals surface area (Å²) in [5.74, 6) is -1.00. The second-order valence-electron chi connectivity index (χ2n) is 5.97. The first kappa shape index (κ1) is 20.3. The zero-order valence-electron chi connectivity index (χ0n) is 15.1. The van der Waals surface area contributed by atoms with Gasteiger partial charge < -0.3 is 20.7 Å². The number of carbonyl (C=O) groups excluding carboxylic acids is 3. The molecular weight excluding hydrogens is 370 g/mol. The highest BCUT2D eigenvalue weighted by atomic mass is 35.5. The molecule has 0 saturated heterocycles. The Morgan fingerprint density at radius 1 is 1.00 bits per heavy atom. The molecule has 7 nitrogen and oxygen atoms in total. The Morgan fingerprint density at radius 3 is 2.37 bits per heavy atom. The number of urea groups is 1. The number of hydrogen-bond donors (Lipinski definition) is 3. The van der Waals surface area contributed by atoms with E-state index >= 15 is 0 Å². The Hall–Kier alpha value is -3.06. The summed E-state index contributed by atoms with van der Waals surface area (Å²) < 4.78 is 4.66. The fraction of sp³-hybridized carbons (Fsp3) is 0.211. The van der Waals surface area contributed by atoms with E-state index in [1.54, 1.807) is 30.3 Å². The summed E-state index contributed by atoms with van der Waals surface area (Å²) in [6, 6.07) is 10.6. The van der Waals surface area contributed by atoms with Crippen molar-refractivity contribution in [2.45, 2.75) is 19.9 Å².